The number of carbonyl (C=O) groups is 2. The van der Waals surface area contributed by atoms with Crippen molar-refractivity contribution >= 4 is 11.9 Å². The van der Waals surface area contributed by atoms with E-state index in [-0.39, 0.29) is 6.61 Å². The second-order valence-electron chi connectivity index (χ2n) is 3.89. The molecule has 0 spiro atoms. The van der Waals surface area contributed by atoms with Gasteiger partial charge in [-0.1, -0.05) is 12.1 Å². The van der Waals surface area contributed by atoms with Crippen molar-refractivity contribution in [2.45, 2.75) is 18.8 Å². The van der Waals surface area contributed by atoms with Crippen molar-refractivity contribution in [1.82, 2.24) is 0 Å². The van der Waals surface area contributed by atoms with Crippen LogP contribution in [0.1, 0.15) is 5.56 Å². The molecule has 1 aromatic rings. The summed E-state index contributed by atoms with van der Waals surface area (Å²) in [6, 6.07) is 6.74. The molecule has 1 rings (SSSR count). The van der Waals surface area contributed by atoms with E-state index in [1.807, 2.05) is 0 Å². The SMILES string of the molecule is COC(=O)[C@H](O)[C@@H](OCc1ccc(OC)cc1)C(=O)O. The van der Waals surface area contributed by atoms with Crippen LogP contribution in [0.4, 0.5) is 0 Å². The number of rotatable bonds is 7. The number of methoxy groups -OCH3 is 2. The topological polar surface area (TPSA) is 102 Å². The van der Waals surface area contributed by atoms with E-state index in [1.165, 1.54) is 7.11 Å². The van der Waals surface area contributed by atoms with Gasteiger partial charge in [-0.05, 0) is 17.7 Å². The van der Waals surface area contributed by atoms with Crippen LogP contribution < -0.4 is 4.74 Å². The maximum Gasteiger partial charge on any atom is 0.338 e. The first-order chi connectivity index (χ1) is 9.49. The lowest BCUT2D eigenvalue weighted by Crippen LogP contribution is -2.42. The van der Waals surface area contributed by atoms with Gasteiger partial charge in [0.1, 0.15) is 5.75 Å². The summed E-state index contributed by atoms with van der Waals surface area (Å²) in [5.74, 6) is -1.86. The molecule has 1 aromatic carbocycles. The maximum atomic E-state index is 11.1. The smallest absolute Gasteiger partial charge is 0.338 e. The van der Waals surface area contributed by atoms with Gasteiger partial charge in [0, 0.05) is 0 Å². The summed E-state index contributed by atoms with van der Waals surface area (Å²) in [4.78, 5) is 22.1. The summed E-state index contributed by atoms with van der Waals surface area (Å²) in [5.41, 5.74) is 0.675. The van der Waals surface area contributed by atoms with Gasteiger partial charge in [0.05, 0.1) is 20.8 Å². The quantitative estimate of drug-likeness (QED) is 0.689. The average Bonchev–Trinajstić information content (AvgIpc) is 2.46. The number of aliphatic carboxylic acids is 1. The Labute approximate surface area is 115 Å². The number of hydrogen-bond donors (Lipinski definition) is 2. The second kappa shape index (κ2) is 7.46. The van der Waals surface area contributed by atoms with Gasteiger partial charge in [-0.15, -0.1) is 0 Å². The molecule has 0 radical (unpaired) electrons. The highest BCUT2D eigenvalue weighted by Gasteiger charge is 2.33. The highest BCUT2D eigenvalue weighted by Crippen LogP contribution is 2.13. The monoisotopic (exact) mass is 284 g/mol. The Balaban J connectivity index is 2.66. The summed E-state index contributed by atoms with van der Waals surface area (Å²) in [6.45, 7) is -0.0744. The van der Waals surface area contributed by atoms with E-state index in [4.69, 9.17) is 14.6 Å². The molecule has 0 aromatic heterocycles. The molecule has 0 saturated carbocycles. The van der Waals surface area contributed by atoms with Crippen molar-refractivity contribution in [2.24, 2.45) is 0 Å². The summed E-state index contributed by atoms with van der Waals surface area (Å²) in [6.07, 6.45) is -3.57. The van der Waals surface area contributed by atoms with Crippen LogP contribution in [0.3, 0.4) is 0 Å². The first kappa shape index (κ1) is 15.9. The molecule has 0 aliphatic heterocycles. The van der Waals surface area contributed by atoms with Crippen molar-refractivity contribution in [3.63, 3.8) is 0 Å². The van der Waals surface area contributed by atoms with E-state index in [0.29, 0.717) is 11.3 Å². The lowest BCUT2D eigenvalue weighted by molar-refractivity contribution is -0.174. The van der Waals surface area contributed by atoms with Crippen LogP contribution in [-0.4, -0.2) is 48.6 Å². The zero-order valence-corrected chi connectivity index (χ0v) is 11.1. The number of hydrogen-bond acceptors (Lipinski definition) is 6. The summed E-state index contributed by atoms with van der Waals surface area (Å²) < 4.78 is 14.3. The van der Waals surface area contributed by atoms with Crippen molar-refractivity contribution in [1.29, 1.82) is 0 Å². The number of aliphatic hydroxyl groups excluding tert-OH is 1. The molecular formula is C13H16O7. The van der Waals surface area contributed by atoms with Crippen molar-refractivity contribution in [2.75, 3.05) is 14.2 Å². The maximum absolute atomic E-state index is 11.1. The molecule has 0 unspecified atom stereocenters. The molecule has 0 heterocycles. The second-order valence-corrected chi connectivity index (χ2v) is 3.89. The number of benzene rings is 1. The third-order valence-corrected chi connectivity index (χ3v) is 2.56. The summed E-state index contributed by atoms with van der Waals surface area (Å²) >= 11 is 0. The highest BCUT2D eigenvalue weighted by atomic mass is 16.6. The summed E-state index contributed by atoms with van der Waals surface area (Å²) in [5, 5.41) is 18.4. The van der Waals surface area contributed by atoms with Gasteiger partial charge in [0.25, 0.3) is 0 Å². The molecule has 0 fully saturated rings. The van der Waals surface area contributed by atoms with E-state index < -0.39 is 24.1 Å². The minimum atomic E-state index is -1.88. The number of carboxylic acid groups (broad SMARTS) is 1. The first-order valence-electron chi connectivity index (χ1n) is 5.72. The Morgan fingerprint density at radius 3 is 2.25 bits per heavy atom. The van der Waals surface area contributed by atoms with E-state index in [2.05, 4.69) is 4.74 Å². The van der Waals surface area contributed by atoms with Crippen molar-refractivity contribution in [3.8, 4) is 5.75 Å². The van der Waals surface area contributed by atoms with E-state index in [0.717, 1.165) is 7.11 Å². The van der Waals surface area contributed by atoms with Crippen LogP contribution in [0.15, 0.2) is 24.3 Å². The van der Waals surface area contributed by atoms with E-state index in [9.17, 15) is 14.7 Å². The number of aliphatic hydroxyl groups is 1. The highest BCUT2D eigenvalue weighted by molar-refractivity contribution is 5.84. The standard InChI is InChI=1S/C13H16O7/c1-18-9-5-3-8(4-6-9)7-20-11(12(15)16)10(14)13(17)19-2/h3-6,10-11,14H,7H2,1-2H3,(H,15,16)/t10-,11-/m1/s1. The number of carbonyl (C=O) groups excluding carboxylic acids is 1. The molecular weight excluding hydrogens is 268 g/mol. The number of ether oxygens (including phenoxy) is 3. The third-order valence-electron chi connectivity index (χ3n) is 2.56. The van der Waals surface area contributed by atoms with Crippen LogP contribution in [-0.2, 0) is 25.7 Å². The number of esters is 1. The van der Waals surface area contributed by atoms with Crippen LogP contribution in [0.25, 0.3) is 0 Å². The van der Waals surface area contributed by atoms with Crippen molar-refractivity contribution < 1.29 is 34.0 Å². The van der Waals surface area contributed by atoms with Crippen LogP contribution in [0.5, 0.6) is 5.75 Å². The largest absolute Gasteiger partial charge is 0.497 e. The molecule has 0 aliphatic rings. The number of carboxylic acids is 1. The van der Waals surface area contributed by atoms with Gasteiger partial charge < -0.3 is 24.4 Å². The fourth-order valence-corrected chi connectivity index (χ4v) is 1.45. The van der Waals surface area contributed by atoms with Crippen LogP contribution >= 0.6 is 0 Å². The van der Waals surface area contributed by atoms with Crippen LogP contribution in [0.2, 0.25) is 0 Å². The molecule has 0 saturated heterocycles. The molecule has 2 N–H and O–H groups in total. The minimum absolute atomic E-state index is 0.0744. The Hall–Kier alpha value is -2.12. The Kier molecular flexibility index (Phi) is 5.95. The fraction of sp³-hybridized carbons (Fsp3) is 0.385. The normalized spacial score (nSPS) is 13.3. The predicted octanol–water partition coefficient (Wildman–Crippen LogP) is 0.199. The van der Waals surface area contributed by atoms with Crippen LogP contribution in [0, 0.1) is 0 Å². The van der Waals surface area contributed by atoms with Gasteiger partial charge in [-0.3, -0.25) is 0 Å². The Morgan fingerprint density at radius 2 is 1.80 bits per heavy atom. The molecule has 110 valence electrons. The summed E-state index contributed by atoms with van der Waals surface area (Å²) in [7, 11) is 2.58. The molecule has 2 atom stereocenters. The van der Waals surface area contributed by atoms with Crippen molar-refractivity contribution in [3.05, 3.63) is 29.8 Å². The van der Waals surface area contributed by atoms with Gasteiger partial charge in [-0.25, -0.2) is 9.59 Å². The van der Waals surface area contributed by atoms with Gasteiger partial charge >= 0.3 is 11.9 Å². The Bertz CT molecular complexity index is 454. The predicted molar refractivity (Wildman–Crippen MR) is 67.2 cm³/mol. The lowest BCUT2D eigenvalue weighted by Gasteiger charge is -2.17. The van der Waals surface area contributed by atoms with Gasteiger partial charge in [0.2, 0.25) is 0 Å². The average molecular weight is 284 g/mol. The molecule has 0 amide bonds. The zero-order valence-electron chi connectivity index (χ0n) is 11.1. The third kappa shape index (κ3) is 4.22. The minimum Gasteiger partial charge on any atom is -0.497 e. The lowest BCUT2D eigenvalue weighted by atomic mass is 10.2. The molecule has 20 heavy (non-hydrogen) atoms. The van der Waals surface area contributed by atoms with E-state index >= 15 is 0 Å². The fourth-order valence-electron chi connectivity index (χ4n) is 1.45. The first-order valence-corrected chi connectivity index (χ1v) is 5.72. The molecule has 0 bridgehead atoms. The molecule has 7 heteroatoms. The van der Waals surface area contributed by atoms with E-state index in [1.54, 1.807) is 24.3 Å². The molecule has 7 nitrogen and oxygen atoms in total. The Morgan fingerprint density at radius 1 is 1.20 bits per heavy atom. The zero-order chi connectivity index (χ0) is 15.1. The van der Waals surface area contributed by atoms with Gasteiger partial charge in [-0.2, -0.15) is 0 Å². The van der Waals surface area contributed by atoms with Gasteiger partial charge in [0.15, 0.2) is 12.2 Å². The molecule has 0 aliphatic carbocycles.